The molecule has 1 saturated carbocycles. The van der Waals surface area contributed by atoms with Crippen LogP contribution in [0.2, 0.25) is 0 Å². The molecule has 0 amide bonds. The Hall–Kier alpha value is -1.06. The summed E-state index contributed by atoms with van der Waals surface area (Å²) < 4.78 is 11.2. The standard InChI is InChI=1S/C18H29NO2/c1-14-10-15(2)12-18(11-14)21-17-6-4-16(5-7-17)13-19-8-9-20-3/h4-7,14-15,18-19H,8-13H2,1-3H3. The highest BCUT2D eigenvalue weighted by Gasteiger charge is 2.25. The van der Waals surface area contributed by atoms with E-state index in [1.165, 1.54) is 24.8 Å². The SMILES string of the molecule is COCCNCc1ccc(OC2CC(C)CC(C)C2)cc1. The fourth-order valence-electron chi connectivity index (χ4n) is 3.25. The largest absolute Gasteiger partial charge is 0.490 e. The Morgan fingerprint density at radius 3 is 2.33 bits per heavy atom. The molecule has 1 fully saturated rings. The molecule has 2 rings (SSSR count). The zero-order valence-corrected chi connectivity index (χ0v) is 13.6. The van der Waals surface area contributed by atoms with Crippen LogP contribution in [-0.2, 0) is 11.3 Å². The molecule has 3 heteroatoms. The molecular weight excluding hydrogens is 262 g/mol. The van der Waals surface area contributed by atoms with E-state index >= 15 is 0 Å². The van der Waals surface area contributed by atoms with Crippen molar-refractivity contribution in [3.8, 4) is 5.75 Å². The number of ether oxygens (including phenoxy) is 2. The van der Waals surface area contributed by atoms with Crippen LogP contribution < -0.4 is 10.1 Å². The first-order chi connectivity index (χ1) is 10.2. The first-order valence-corrected chi connectivity index (χ1v) is 8.12. The van der Waals surface area contributed by atoms with Crippen LogP contribution >= 0.6 is 0 Å². The highest BCUT2D eigenvalue weighted by Crippen LogP contribution is 2.31. The fraction of sp³-hybridized carbons (Fsp3) is 0.667. The van der Waals surface area contributed by atoms with Gasteiger partial charge in [-0.15, -0.1) is 0 Å². The first kappa shape index (κ1) is 16.3. The summed E-state index contributed by atoms with van der Waals surface area (Å²) in [5, 5.41) is 3.35. The molecular formula is C18H29NO2. The highest BCUT2D eigenvalue weighted by molar-refractivity contribution is 5.27. The minimum absolute atomic E-state index is 0.384. The van der Waals surface area contributed by atoms with E-state index in [1.54, 1.807) is 7.11 Å². The Balaban J connectivity index is 1.79. The number of benzene rings is 1. The number of methoxy groups -OCH3 is 1. The van der Waals surface area contributed by atoms with Crippen molar-refractivity contribution in [2.45, 2.75) is 45.8 Å². The lowest BCUT2D eigenvalue weighted by Crippen LogP contribution is -2.28. The summed E-state index contributed by atoms with van der Waals surface area (Å²) in [5.41, 5.74) is 1.28. The van der Waals surface area contributed by atoms with Crippen molar-refractivity contribution in [2.75, 3.05) is 20.3 Å². The van der Waals surface area contributed by atoms with Gasteiger partial charge in [-0.3, -0.25) is 0 Å². The molecule has 1 aliphatic carbocycles. The molecule has 3 nitrogen and oxygen atoms in total. The average molecular weight is 291 g/mol. The quantitative estimate of drug-likeness (QED) is 0.778. The van der Waals surface area contributed by atoms with Gasteiger partial charge in [-0.05, 0) is 48.8 Å². The minimum Gasteiger partial charge on any atom is -0.490 e. The predicted octanol–water partition coefficient (Wildman–Crippen LogP) is 3.63. The molecule has 21 heavy (non-hydrogen) atoms. The van der Waals surface area contributed by atoms with Crippen LogP contribution in [0.15, 0.2) is 24.3 Å². The van der Waals surface area contributed by atoms with Gasteiger partial charge in [0.05, 0.1) is 12.7 Å². The molecule has 0 bridgehead atoms. The van der Waals surface area contributed by atoms with Gasteiger partial charge in [0, 0.05) is 20.2 Å². The lowest BCUT2D eigenvalue weighted by Gasteiger charge is -2.31. The van der Waals surface area contributed by atoms with E-state index < -0.39 is 0 Å². The fourth-order valence-corrected chi connectivity index (χ4v) is 3.25. The molecule has 1 aliphatic rings. The van der Waals surface area contributed by atoms with Crippen molar-refractivity contribution in [1.29, 1.82) is 0 Å². The van der Waals surface area contributed by atoms with Crippen LogP contribution in [0.4, 0.5) is 0 Å². The predicted molar refractivity (Wildman–Crippen MR) is 86.6 cm³/mol. The van der Waals surface area contributed by atoms with E-state index in [0.29, 0.717) is 6.10 Å². The normalized spacial score (nSPS) is 25.8. The second kappa shape index (κ2) is 8.40. The van der Waals surface area contributed by atoms with Crippen molar-refractivity contribution in [3.05, 3.63) is 29.8 Å². The first-order valence-electron chi connectivity index (χ1n) is 8.12. The van der Waals surface area contributed by atoms with E-state index in [4.69, 9.17) is 9.47 Å². The summed E-state index contributed by atoms with van der Waals surface area (Å²) in [6, 6.07) is 8.48. The Kier molecular flexibility index (Phi) is 6.52. The number of nitrogens with one attached hydrogen (secondary N) is 1. The third-order valence-corrected chi connectivity index (χ3v) is 4.17. The monoisotopic (exact) mass is 291 g/mol. The molecule has 118 valence electrons. The van der Waals surface area contributed by atoms with Gasteiger partial charge in [0.2, 0.25) is 0 Å². The molecule has 2 atom stereocenters. The summed E-state index contributed by atoms with van der Waals surface area (Å²) in [6.07, 6.45) is 4.09. The van der Waals surface area contributed by atoms with E-state index in [1.807, 2.05) is 0 Å². The molecule has 0 aromatic heterocycles. The topological polar surface area (TPSA) is 30.5 Å². The van der Waals surface area contributed by atoms with Crippen LogP contribution in [0, 0.1) is 11.8 Å². The summed E-state index contributed by atoms with van der Waals surface area (Å²) in [6.45, 7) is 7.18. The number of hydrogen-bond donors (Lipinski definition) is 1. The molecule has 0 aliphatic heterocycles. The Labute approximate surface area is 129 Å². The van der Waals surface area contributed by atoms with Crippen LogP contribution in [0.5, 0.6) is 5.75 Å². The van der Waals surface area contributed by atoms with Crippen LogP contribution in [0.25, 0.3) is 0 Å². The second-order valence-electron chi connectivity index (χ2n) is 6.47. The van der Waals surface area contributed by atoms with Crippen molar-refractivity contribution in [3.63, 3.8) is 0 Å². The van der Waals surface area contributed by atoms with Crippen molar-refractivity contribution < 1.29 is 9.47 Å². The highest BCUT2D eigenvalue weighted by atomic mass is 16.5. The molecule has 0 radical (unpaired) electrons. The van der Waals surface area contributed by atoms with Gasteiger partial charge in [0.15, 0.2) is 0 Å². The third-order valence-electron chi connectivity index (χ3n) is 4.17. The Bertz CT molecular complexity index is 394. The van der Waals surface area contributed by atoms with Gasteiger partial charge in [-0.25, -0.2) is 0 Å². The zero-order valence-electron chi connectivity index (χ0n) is 13.6. The maximum atomic E-state index is 6.15. The summed E-state index contributed by atoms with van der Waals surface area (Å²) in [5.74, 6) is 2.56. The van der Waals surface area contributed by atoms with Gasteiger partial charge >= 0.3 is 0 Å². The molecule has 0 heterocycles. The van der Waals surface area contributed by atoms with Crippen LogP contribution in [0.3, 0.4) is 0 Å². The smallest absolute Gasteiger partial charge is 0.119 e. The zero-order chi connectivity index (χ0) is 15.1. The van der Waals surface area contributed by atoms with Gasteiger partial charge in [0.1, 0.15) is 5.75 Å². The molecule has 1 aromatic carbocycles. The van der Waals surface area contributed by atoms with Crippen molar-refractivity contribution in [1.82, 2.24) is 5.32 Å². The lowest BCUT2D eigenvalue weighted by atomic mass is 9.82. The summed E-state index contributed by atoms with van der Waals surface area (Å²) >= 11 is 0. The third kappa shape index (κ3) is 5.68. The minimum atomic E-state index is 0.384. The maximum Gasteiger partial charge on any atom is 0.119 e. The van der Waals surface area contributed by atoms with E-state index in [0.717, 1.165) is 37.3 Å². The van der Waals surface area contributed by atoms with Crippen molar-refractivity contribution in [2.24, 2.45) is 11.8 Å². The average Bonchev–Trinajstić information content (AvgIpc) is 2.44. The number of rotatable bonds is 7. The van der Waals surface area contributed by atoms with Gasteiger partial charge < -0.3 is 14.8 Å². The van der Waals surface area contributed by atoms with Crippen LogP contribution in [-0.4, -0.2) is 26.4 Å². The number of hydrogen-bond acceptors (Lipinski definition) is 3. The van der Waals surface area contributed by atoms with Crippen LogP contribution in [0.1, 0.15) is 38.7 Å². The van der Waals surface area contributed by atoms with Gasteiger partial charge in [-0.2, -0.15) is 0 Å². The Morgan fingerprint density at radius 2 is 1.71 bits per heavy atom. The van der Waals surface area contributed by atoms with E-state index in [9.17, 15) is 0 Å². The van der Waals surface area contributed by atoms with Crippen molar-refractivity contribution >= 4 is 0 Å². The summed E-state index contributed by atoms with van der Waals surface area (Å²) in [7, 11) is 1.72. The molecule has 1 aromatic rings. The van der Waals surface area contributed by atoms with E-state index in [-0.39, 0.29) is 0 Å². The summed E-state index contributed by atoms with van der Waals surface area (Å²) in [4.78, 5) is 0. The molecule has 0 saturated heterocycles. The van der Waals surface area contributed by atoms with Gasteiger partial charge in [0.25, 0.3) is 0 Å². The Morgan fingerprint density at radius 1 is 1.05 bits per heavy atom. The molecule has 2 unspecified atom stereocenters. The molecule has 1 N–H and O–H groups in total. The lowest BCUT2D eigenvalue weighted by molar-refractivity contribution is 0.101. The van der Waals surface area contributed by atoms with E-state index in [2.05, 4.69) is 43.4 Å². The molecule has 0 spiro atoms. The maximum absolute atomic E-state index is 6.15. The van der Waals surface area contributed by atoms with Gasteiger partial charge in [-0.1, -0.05) is 26.0 Å². The second-order valence-corrected chi connectivity index (χ2v) is 6.47.